The van der Waals surface area contributed by atoms with Crippen LogP contribution in [0, 0.1) is 20.8 Å². The molecular formula is C25H29ClN4OS. The maximum absolute atomic E-state index is 6.35. The van der Waals surface area contributed by atoms with Crippen molar-refractivity contribution in [3.63, 3.8) is 0 Å². The number of ether oxygens (including phenoxy) is 1. The van der Waals surface area contributed by atoms with Crippen molar-refractivity contribution in [3.8, 4) is 5.69 Å². The number of pyridine rings is 1. The minimum atomic E-state index is -0.0272. The first kappa shape index (κ1) is 22.8. The lowest BCUT2D eigenvalue weighted by Gasteiger charge is -2.28. The molecule has 0 spiro atoms. The highest BCUT2D eigenvalue weighted by Crippen LogP contribution is 2.41. The van der Waals surface area contributed by atoms with E-state index >= 15 is 0 Å². The van der Waals surface area contributed by atoms with Gasteiger partial charge in [-0.1, -0.05) is 23.7 Å². The summed E-state index contributed by atoms with van der Waals surface area (Å²) in [5.74, 6) is 0. The molecule has 0 radical (unpaired) electrons. The van der Waals surface area contributed by atoms with E-state index in [0.29, 0.717) is 6.61 Å². The van der Waals surface area contributed by atoms with Gasteiger partial charge < -0.3 is 19.5 Å². The summed E-state index contributed by atoms with van der Waals surface area (Å²) in [6, 6.07) is 14.3. The normalized spacial score (nSPS) is 18.3. The Morgan fingerprint density at radius 1 is 1.16 bits per heavy atom. The van der Waals surface area contributed by atoms with Crippen LogP contribution in [0.15, 0.2) is 48.7 Å². The zero-order valence-electron chi connectivity index (χ0n) is 18.9. The molecule has 3 heterocycles. The van der Waals surface area contributed by atoms with Crippen LogP contribution >= 0.6 is 23.8 Å². The van der Waals surface area contributed by atoms with Crippen molar-refractivity contribution in [1.29, 1.82) is 0 Å². The zero-order valence-corrected chi connectivity index (χ0v) is 20.5. The summed E-state index contributed by atoms with van der Waals surface area (Å²) >= 11 is 12.1. The van der Waals surface area contributed by atoms with Crippen LogP contribution in [-0.4, -0.2) is 39.8 Å². The van der Waals surface area contributed by atoms with Crippen molar-refractivity contribution in [3.05, 3.63) is 81.9 Å². The van der Waals surface area contributed by atoms with Gasteiger partial charge in [-0.25, -0.2) is 0 Å². The third-order valence-corrected chi connectivity index (χ3v) is 6.73. The van der Waals surface area contributed by atoms with Gasteiger partial charge in [0.25, 0.3) is 0 Å². The number of rotatable bonds is 7. The number of hydrogen-bond acceptors (Lipinski definition) is 3. The molecule has 2 aromatic heterocycles. The van der Waals surface area contributed by atoms with Crippen LogP contribution in [0.2, 0.25) is 5.02 Å². The average Bonchev–Trinajstić information content (AvgIpc) is 3.26. The van der Waals surface area contributed by atoms with Crippen molar-refractivity contribution in [2.24, 2.45) is 0 Å². The number of aromatic nitrogens is 2. The minimum Gasteiger partial charge on any atom is -0.385 e. The van der Waals surface area contributed by atoms with Crippen molar-refractivity contribution < 1.29 is 4.74 Å². The highest BCUT2D eigenvalue weighted by Gasteiger charge is 2.41. The van der Waals surface area contributed by atoms with Gasteiger partial charge in [-0.2, -0.15) is 0 Å². The molecule has 0 aliphatic carbocycles. The molecule has 1 aliphatic heterocycles. The summed E-state index contributed by atoms with van der Waals surface area (Å²) in [5, 5.41) is 5.02. The van der Waals surface area contributed by atoms with Crippen molar-refractivity contribution in [2.75, 3.05) is 20.3 Å². The molecule has 32 heavy (non-hydrogen) atoms. The molecule has 5 nitrogen and oxygen atoms in total. The molecule has 3 aromatic rings. The molecule has 168 valence electrons. The predicted molar refractivity (Wildman–Crippen MR) is 134 cm³/mol. The Bertz CT molecular complexity index is 1110. The molecule has 2 atom stereocenters. The molecule has 1 N–H and O–H groups in total. The van der Waals surface area contributed by atoms with E-state index in [-0.39, 0.29) is 12.1 Å². The van der Waals surface area contributed by atoms with Crippen LogP contribution in [0.5, 0.6) is 0 Å². The third kappa shape index (κ3) is 4.27. The standard InChI is InChI=1S/C25H29ClN4OS/c1-16-9-10-19(26)15-22(16)30-17(2)14-20(18(30)3)24-23(21-8-5-6-11-27-21)28-25(32)29(24)12-7-13-31-4/h5-6,8-11,14-15,23-24H,7,12-13H2,1-4H3,(H,28,32). The molecule has 1 saturated heterocycles. The lowest BCUT2D eigenvalue weighted by Crippen LogP contribution is -2.31. The van der Waals surface area contributed by atoms with Crippen LogP contribution in [0.25, 0.3) is 5.69 Å². The van der Waals surface area contributed by atoms with Crippen LogP contribution in [0.1, 0.15) is 46.7 Å². The van der Waals surface area contributed by atoms with Gasteiger partial charge in [0.15, 0.2) is 5.11 Å². The van der Waals surface area contributed by atoms with Crippen molar-refractivity contribution >= 4 is 28.9 Å². The van der Waals surface area contributed by atoms with E-state index < -0.39 is 0 Å². The maximum Gasteiger partial charge on any atom is 0.170 e. The Morgan fingerprint density at radius 2 is 1.97 bits per heavy atom. The van der Waals surface area contributed by atoms with Crippen molar-refractivity contribution in [2.45, 2.75) is 39.3 Å². The summed E-state index contributed by atoms with van der Waals surface area (Å²) in [6.45, 7) is 7.94. The molecule has 7 heteroatoms. The third-order valence-electron chi connectivity index (χ3n) is 6.15. The Kier molecular flexibility index (Phi) is 6.84. The Morgan fingerprint density at radius 3 is 2.69 bits per heavy atom. The number of halogens is 1. The number of aryl methyl sites for hydroxylation is 2. The molecule has 1 aliphatic rings. The first-order valence-corrected chi connectivity index (χ1v) is 11.6. The number of nitrogens with one attached hydrogen (secondary N) is 1. The highest BCUT2D eigenvalue weighted by atomic mass is 35.5. The molecular weight excluding hydrogens is 440 g/mol. The molecule has 0 bridgehead atoms. The molecule has 0 amide bonds. The fourth-order valence-electron chi connectivity index (χ4n) is 4.65. The van der Waals surface area contributed by atoms with Crippen molar-refractivity contribution in [1.82, 2.24) is 19.8 Å². The van der Waals surface area contributed by atoms with E-state index in [0.717, 1.165) is 40.2 Å². The lowest BCUT2D eigenvalue weighted by atomic mass is 9.96. The van der Waals surface area contributed by atoms with Gasteiger partial charge in [0.1, 0.15) is 0 Å². The van der Waals surface area contributed by atoms with Crippen LogP contribution in [-0.2, 0) is 4.74 Å². The quantitative estimate of drug-likeness (QED) is 0.368. The summed E-state index contributed by atoms with van der Waals surface area (Å²) in [7, 11) is 1.73. The van der Waals surface area contributed by atoms with Crippen LogP contribution < -0.4 is 5.32 Å². The topological polar surface area (TPSA) is 42.3 Å². The largest absolute Gasteiger partial charge is 0.385 e. The van der Waals surface area contributed by atoms with E-state index in [1.54, 1.807) is 7.11 Å². The van der Waals surface area contributed by atoms with Gasteiger partial charge in [0.2, 0.25) is 0 Å². The number of nitrogens with zero attached hydrogens (tertiary/aromatic N) is 3. The van der Waals surface area contributed by atoms with Crippen LogP contribution in [0.4, 0.5) is 0 Å². The second-order valence-electron chi connectivity index (χ2n) is 8.26. The van der Waals surface area contributed by atoms with Gasteiger partial charge in [0.05, 0.1) is 17.8 Å². The molecule has 4 rings (SSSR count). The highest BCUT2D eigenvalue weighted by molar-refractivity contribution is 7.80. The Labute approximate surface area is 200 Å². The van der Waals surface area contributed by atoms with E-state index in [4.69, 9.17) is 28.6 Å². The fraction of sp³-hybridized carbons (Fsp3) is 0.360. The van der Waals surface area contributed by atoms with E-state index in [2.05, 4.69) is 58.7 Å². The van der Waals surface area contributed by atoms with E-state index in [1.807, 2.05) is 30.5 Å². The van der Waals surface area contributed by atoms with Crippen LogP contribution in [0.3, 0.4) is 0 Å². The summed E-state index contributed by atoms with van der Waals surface area (Å²) in [4.78, 5) is 6.93. The second-order valence-corrected chi connectivity index (χ2v) is 9.08. The summed E-state index contributed by atoms with van der Waals surface area (Å²) in [6.07, 6.45) is 2.74. The zero-order chi connectivity index (χ0) is 22.8. The summed E-state index contributed by atoms with van der Waals surface area (Å²) in [5.41, 5.74) is 6.85. The minimum absolute atomic E-state index is 0.0272. The van der Waals surface area contributed by atoms with Gasteiger partial charge >= 0.3 is 0 Å². The Hall–Kier alpha value is -2.41. The predicted octanol–water partition coefficient (Wildman–Crippen LogP) is 5.46. The maximum atomic E-state index is 6.35. The smallest absolute Gasteiger partial charge is 0.170 e. The fourth-order valence-corrected chi connectivity index (χ4v) is 5.14. The number of hydrogen-bond donors (Lipinski definition) is 1. The van der Waals surface area contributed by atoms with E-state index in [1.165, 1.54) is 16.8 Å². The number of benzene rings is 1. The lowest BCUT2D eigenvalue weighted by molar-refractivity contribution is 0.180. The SMILES string of the molecule is COCCCN1C(=S)NC(c2ccccn2)C1c1cc(C)n(-c2cc(Cl)ccc2C)c1C. The number of thiocarbonyl (C=S) groups is 1. The first-order valence-electron chi connectivity index (χ1n) is 10.8. The van der Waals surface area contributed by atoms with E-state index in [9.17, 15) is 0 Å². The Balaban J connectivity index is 1.81. The monoisotopic (exact) mass is 468 g/mol. The molecule has 1 fully saturated rings. The molecule has 2 unspecified atom stereocenters. The van der Waals surface area contributed by atoms with Gasteiger partial charge in [-0.15, -0.1) is 0 Å². The van der Waals surface area contributed by atoms with Gasteiger partial charge in [-0.05, 0) is 80.9 Å². The van der Waals surface area contributed by atoms with Gasteiger partial charge in [0, 0.05) is 48.6 Å². The van der Waals surface area contributed by atoms with Gasteiger partial charge in [-0.3, -0.25) is 4.98 Å². The molecule has 1 aromatic carbocycles. The second kappa shape index (κ2) is 9.61. The summed E-state index contributed by atoms with van der Waals surface area (Å²) < 4.78 is 7.59. The average molecular weight is 469 g/mol. The molecule has 0 saturated carbocycles. The number of methoxy groups -OCH3 is 1. The first-order chi connectivity index (χ1) is 15.4.